The number of aryl methyl sites for hydroxylation is 2. The zero-order valence-corrected chi connectivity index (χ0v) is 22.1. The van der Waals surface area contributed by atoms with Crippen LogP contribution in [0.25, 0.3) is 0 Å². The Morgan fingerprint density at radius 2 is 1.92 bits per heavy atom. The number of nitrogens with zero attached hydrogens (tertiary/aromatic N) is 2. The van der Waals surface area contributed by atoms with Gasteiger partial charge in [-0.05, 0) is 50.8 Å². The number of hydrogen-bond donors (Lipinski definition) is 1. The van der Waals surface area contributed by atoms with Crippen LogP contribution >= 0.6 is 11.8 Å². The highest BCUT2D eigenvalue weighted by molar-refractivity contribution is 8.02. The van der Waals surface area contributed by atoms with Crippen molar-refractivity contribution in [3.8, 4) is 0 Å². The fourth-order valence-electron chi connectivity index (χ4n) is 6.46. The maximum atomic E-state index is 14.5. The van der Waals surface area contributed by atoms with Gasteiger partial charge in [-0.15, -0.1) is 11.8 Å². The van der Waals surface area contributed by atoms with E-state index in [1.807, 2.05) is 70.2 Å². The number of anilines is 1. The van der Waals surface area contributed by atoms with Crippen LogP contribution in [0.5, 0.6) is 0 Å². The third kappa shape index (κ3) is 3.56. The van der Waals surface area contributed by atoms with Crippen molar-refractivity contribution in [2.75, 3.05) is 24.7 Å². The Morgan fingerprint density at radius 3 is 2.64 bits per heavy atom. The number of amides is 2. The van der Waals surface area contributed by atoms with Gasteiger partial charge < -0.3 is 19.6 Å². The number of rotatable bonds is 4. The number of carbonyl (C=O) groups excluding carboxylic acids is 3. The summed E-state index contributed by atoms with van der Waals surface area (Å²) >= 11 is 1.53. The van der Waals surface area contributed by atoms with Gasteiger partial charge in [0.15, 0.2) is 0 Å². The first-order valence-corrected chi connectivity index (χ1v) is 13.5. The van der Waals surface area contributed by atoms with Gasteiger partial charge >= 0.3 is 5.97 Å². The molecule has 1 spiro atoms. The molecule has 4 aliphatic rings. The molecule has 5 rings (SSSR count). The highest BCUT2D eigenvalue weighted by Crippen LogP contribution is 2.65. The van der Waals surface area contributed by atoms with E-state index >= 15 is 0 Å². The van der Waals surface area contributed by atoms with Crippen molar-refractivity contribution in [1.82, 2.24) is 4.90 Å². The predicted octanol–water partition coefficient (Wildman–Crippen LogP) is 3.17. The number of benzene rings is 1. The molecule has 0 radical (unpaired) electrons. The van der Waals surface area contributed by atoms with E-state index in [1.165, 1.54) is 11.8 Å². The van der Waals surface area contributed by atoms with Crippen LogP contribution in [0.3, 0.4) is 0 Å². The van der Waals surface area contributed by atoms with Crippen LogP contribution in [0.15, 0.2) is 42.5 Å². The molecule has 1 N–H and O–H groups in total. The third-order valence-corrected chi connectivity index (χ3v) is 9.99. The smallest absolute Gasteiger partial charge is 0.311 e. The lowest BCUT2D eigenvalue weighted by Gasteiger charge is -2.39. The number of thioether (sulfide) groups is 1. The lowest BCUT2D eigenvalue weighted by Crippen LogP contribution is -2.57. The average molecular weight is 511 g/mol. The van der Waals surface area contributed by atoms with Crippen molar-refractivity contribution in [2.24, 2.45) is 11.8 Å². The minimum atomic E-state index is -0.948. The zero-order chi connectivity index (χ0) is 25.8. The van der Waals surface area contributed by atoms with Crippen LogP contribution in [0.2, 0.25) is 0 Å². The molecule has 1 aromatic carbocycles. The predicted molar refractivity (Wildman–Crippen MR) is 140 cm³/mol. The Bertz CT molecular complexity index is 1160. The van der Waals surface area contributed by atoms with Crippen molar-refractivity contribution in [3.05, 3.63) is 53.6 Å². The number of aliphatic hydroxyl groups excluding tert-OH is 1. The number of fused-ring (bicyclic) bond motifs is 2. The molecule has 1 aromatic rings. The fourth-order valence-corrected chi connectivity index (χ4v) is 8.60. The lowest BCUT2D eigenvalue weighted by molar-refractivity contribution is -0.154. The fraction of sp³-hybridized carbons (Fsp3) is 0.536. The van der Waals surface area contributed by atoms with E-state index in [-0.39, 0.29) is 25.0 Å². The number of esters is 1. The summed E-state index contributed by atoms with van der Waals surface area (Å²) in [5.41, 5.74) is 2.83. The van der Waals surface area contributed by atoms with Gasteiger partial charge in [0.2, 0.25) is 5.91 Å². The third-order valence-electron chi connectivity index (χ3n) is 8.19. The minimum absolute atomic E-state index is 0.181. The molecule has 192 valence electrons. The maximum absolute atomic E-state index is 14.5. The normalized spacial score (nSPS) is 34.5. The number of carbonyl (C=O) groups is 3. The first kappa shape index (κ1) is 25.1. The summed E-state index contributed by atoms with van der Waals surface area (Å²) in [4.78, 5) is 45.4. The molecular weight excluding hydrogens is 476 g/mol. The molecule has 0 aromatic heterocycles. The first-order valence-electron chi connectivity index (χ1n) is 12.7. The van der Waals surface area contributed by atoms with Crippen LogP contribution in [0.1, 0.15) is 37.8 Å². The number of cyclic esters (lactones) is 1. The quantitative estimate of drug-likeness (QED) is 0.495. The highest BCUT2D eigenvalue weighted by Gasteiger charge is 2.74. The van der Waals surface area contributed by atoms with Gasteiger partial charge in [-0.2, -0.15) is 0 Å². The molecule has 0 bridgehead atoms. The lowest BCUT2D eigenvalue weighted by atomic mass is 9.74. The maximum Gasteiger partial charge on any atom is 0.311 e. The Balaban J connectivity index is 1.70. The van der Waals surface area contributed by atoms with Gasteiger partial charge in [-0.25, -0.2) is 0 Å². The second-order valence-electron chi connectivity index (χ2n) is 10.5. The average Bonchev–Trinajstić information content (AvgIpc) is 3.16. The van der Waals surface area contributed by atoms with Crippen LogP contribution in [-0.2, 0) is 19.1 Å². The van der Waals surface area contributed by atoms with Gasteiger partial charge in [0.25, 0.3) is 5.91 Å². The summed E-state index contributed by atoms with van der Waals surface area (Å²) in [6.45, 7) is 8.24. The molecule has 2 saturated heterocycles. The van der Waals surface area contributed by atoms with Crippen molar-refractivity contribution >= 4 is 35.2 Å². The summed E-state index contributed by atoms with van der Waals surface area (Å²) in [6, 6.07) is 4.65. The molecule has 8 heteroatoms. The summed E-state index contributed by atoms with van der Waals surface area (Å²) in [7, 11) is 0. The van der Waals surface area contributed by atoms with Crippen LogP contribution in [0.4, 0.5) is 5.69 Å². The van der Waals surface area contributed by atoms with E-state index in [0.717, 1.165) is 16.8 Å². The number of hydrogen-bond acceptors (Lipinski definition) is 6. The van der Waals surface area contributed by atoms with Crippen molar-refractivity contribution in [1.29, 1.82) is 0 Å². The van der Waals surface area contributed by atoms with Gasteiger partial charge in [-0.3, -0.25) is 14.4 Å². The zero-order valence-electron chi connectivity index (χ0n) is 21.3. The summed E-state index contributed by atoms with van der Waals surface area (Å²) in [5.74, 6) is -2.31. The number of likely N-dealkylation sites (tertiary alicyclic amines) is 1. The minimum Gasteiger partial charge on any atom is -0.465 e. The van der Waals surface area contributed by atoms with Crippen molar-refractivity contribution in [3.63, 3.8) is 0 Å². The molecule has 36 heavy (non-hydrogen) atoms. The van der Waals surface area contributed by atoms with E-state index in [2.05, 4.69) is 0 Å². The molecule has 0 saturated carbocycles. The molecule has 2 fully saturated rings. The number of aliphatic hydroxyl groups is 1. The van der Waals surface area contributed by atoms with Crippen LogP contribution < -0.4 is 4.90 Å². The molecule has 7 nitrogen and oxygen atoms in total. The van der Waals surface area contributed by atoms with Crippen LogP contribution in [0, 0.1) is 25.7 Å². The Morgan fingerprint density at radius 1 is 1.14 bits per heavy atom. The van der Waals surface area contributed by atoms with Crippen LogP contribution in [-0.4, -0.2) is 69.1 Å². The highest BCUT2D eigenvalue weighted by atomic mass is 32.2. The van der Waals surface area contributed by atoms with E-state index in [4.69, 9.17) is 4.74 Å². The summed E-state index contributed by atoms with van der Waals surface area (Å²) in [6.07, 6.45) is 9.11. The summed E-state index contributed by atoms with van der Waals surface area (Å²) in [5, 5.41) is 10.2. The van der Waals surface area contributed by atoms with E-state index in [9.17, 15) is 19.5 Å². The second kappa shape index (κ2) is 9.06. The number of ether oxygens (including phenoxy) is 1. The first-order chi connectivity index (χ1) is 17.2. The Hall–Kier alpha value is -2.58. The molecule has 4 aliphatic heterocycles. The molecule has 0 aliphatic carbocycles. The van der Waals surface area contributed by atoms with Gasteiger partial charge in [-0.1, -0.05) is 43.4 Å². The van der Waals surface area contributed by atoms with Gasteiger partial charge in [0.05, 0.1) is 35.8 Å². The second-order valence-corrected chi connectivity index (χ2v) is 12.3. The van der Waals surface area contributed by atoms with Crippen molar-refractivity contribution < 1.29 is 24.2 Å². The standard InChI is InChI=1S/C28H34N2O5S/c1-5-19(16-31)30-23-25(33)29(20-15-17(2)9-10-18(20)3)13-8-12-28(23)21(24(30)32)22-26(34)35-14-7-6-11-27(22,4)36-28/h6,8-12,15,19,21-23,31H,5,7,13-14,16H2,1-4H3/t19-,21-,22+,23?,27-,28-/m0/s1. The van der Waals surface area contributed by atoms with E-state index in [0.29, 0.717) is 19.4 Å². The molecule has 1 unspecified atom stereocenters. The SMILES string of the molecule is CC[C@@H](CO)N1C(=O)[C@@H]2[C@@H]3C(=O)OCCC=C[C@]3(C)S[C@@]23C=CCN(c2cc(C)ccc2C)C(=O)C13. The Labute approximate surface area is 216 Å². The Kier molecular flexibility index (Phi) is 6.32. The van der Waals surface area contributed by atoms with Gasteiger partial charge in [0.1, 0.15) is 6.04 Å². The van der Waals surface area contributed by atoms with Crippen molar-refractivity contribution in [2.45, 2.75) is 62.1 Å². The monoisotopic (exact) mass is 510 g/mol. The molecular formula is C28H34N2O5S. The van der Waals surface area contributed by atoms with E-state index in [1.54, 1.807) is 9.80 Å². The van der Waals surface area contributed by atoms with Gasteiger partial charge in [0, 0.05) is 17.0 Å². The topological polar surface area (TPSA) is 87.2 Å². The largest absolute Gasteiger partial charge is 0.465 e. The summed E-state index contributed by atoms with van der Waals surface area (Å²) < 4.78 is 3.94. The molecule has 6 atom stereocenters. The molecule has 4 heterocycles. The molecule has 2 amide bonds. The van der Waals surface area contributed by atoms with E-state index < -0.39 is 39.4 Å².